The maximum absolute atomic E-state index is 5.19. The lowest BCUT2D eigenvalue weighted by atomic mass is 10.7. The fourth-order valence-corrected chi connectivity index (χ4v) is 0.288. The molecule has 0 spiro atoms. The standard InChI is InChI=1S/C6H13N3/c1-8(2)4-5-9(3)6-7/h4-7H,1-3H3/p+1/b5-4-. The number of nitrogens with zero attached hydrogens (tertiary/aromatic N) is 2. The largest absolute Gasteiger partial charge is 0.381 e. The molecule has 0 unspecified atom stereocenters. The smallest absolute Gasteiger partial charge is 0.234 e. The Bertz CT molecular complexity index is 124. The molecule has 52 valence electrons. The van der Waals surface area contributed by atoms with E-state index < -0.39 is 0 Å². The predicted octanol–water partition coefficient (Wildman–Crippen LogP) is -0.351. The van der Waals surface area contributed by atoms with Gasteiger partial charge < -0.3 is 4.90 Å². The Morgan fingerprint density at radius 1 is 1.44 bits per heavy atom. The van der Waals surface area contributed by atoms with Crippen LogP contribution in [0.2, 0.25) is 0 Å². The molecule has 2 N–H and O–H groups in total. The topological polar surface area (TPSA) is 32.3 Å². The van der Waals surface area contributed by atoms with E-state index in [1.165, 1.54) is 6.34 Å². The Balaban J connectivity index is 3.71. The fraction of sp³-hybridized carbons (Fsp3) is 0.500. The van der Waals surface area contributed by atoms with Gasteiger partial charge in [0.2, 0.25) is 6.34 Å². The summed E-state index contributed by atoms with van der Waals surface area (Å²) in [6.45, 7) is 0. The zero-order chi connectivity index (χ0) is 7.28. The van der Waals surface area contributed by atoms with Crippen LogP contribution in [0.15, 0.2) is 12.4 Å². The summed E-state index contributed by atoms with van der Waals surface area (Å²) in [4.78, 5) is 1.94. The van der Waals surface area contributed by atoms with Crippen LogP contribution in [-0.2, 0) is 0 Å². The molecule has 0 aromatic rings. The molecule has 0 atom stereocenters. The highest BCUT2D eigenvalue weighted by atomic mass is 15.1. The minimum atomic E-state index is 1.50. The van der Waals surface area contributed by atoms with Crippen molar-refractivity contribution in [1.29, 1.82) is 0 Å². The van der Waals surface area contributed by atoms with Gasteiger partial charge in [-0.15, -0.1) is 0 Å². The van der Waals surface area contributed by atoms with Gasteiger partial charge in [-0.05, 0) is 0 Å². The second-order valence-electron chi connectivity index (χ2n) is 2.08. The monoisotopic (exact) mass is 128 g/mol. The number of rotatable bonds is 2. The van der Waals surface area contributed by atoms with E-state index in [2.05, 4.69) is 0 Å². The van der Waals surface area contributed by atoms with Crippen LogP contribution in [0.1, 0.15) is 0 Å². The maximum atomic E-state index is 5.19. The Morgan fingerprint density at radius 3 is 2.33 bits per heavy atom. The van der Waals surface area contributed by atoms with Gasteiger partial charge in [-0.2, -0.15) is 0 Å². The summed E-state index contributed by atoms with van der Waals surface area (Å²) in [6, 6.07) is 0. The molecule has 0 amide bonds. The molecule has 0 aliphatic carbocycles. The van der Waals surface area contributed by atoms with E-state index >= 15 is 0 Å². The second kappa shape index (κ2) is 3.95. The van der Waals surface area contributed by atoms with E-state index in [1.807, 2.05) is 38.4 Å². The van der Waals surface area contributed by atoms with Gasteiger partial charge >= 0.3 is 0 Å². The van der Waals surface area contributed by atoms with Crippen molar-refractivity contribution in [3.05, 3.63) is 12.4 Å². The summed E-state index contributed by atoms with van der Waals surface area (Å²) in [7, 11) is 5.79. The Kier molecular flexibility index (Phi) is 3.51. The van der Waals surface area contributed by atoms with Gasteiger partial charge in [0, 0.05) is 20.3 Å². The molecular formula is C6H14N3+. The molecule has 0 aromatic heterocycles. The third-order valence-corrected chi connectivity index (χ3v) is 0.835. The van der Waals surface area contributed by atoms with E-state index in [0.29, 0.717) is 0 Å². The van der Waals surface area contributed by atoms with Gasteiger partial charge in [-0.1, -0.05) is 0 Å². The van der Waals surface area contributed by atoms with Crippen LogP contribution in [0.3, 0.4) is 0 Å². The quantitative estimate of drug-likeness (QED) is 0.313. The second-order valence-corrected chi connectivity index (χ2v) is 2.08. The van der Waals surface area contributed by atoms with Crippen molar-refractivity contribution in [1.82, 2.24) is 4.90 Å². The van der Waals surface area contributed by atoms with Gasteiger partial charge in [-0.3, -0.25) is 5.73 Å². The first-order valence-electron chi connectivity index (χ1n) is 2.78. The van der Waals surface area contributed by atoms with Crippen molar-refractivity contribution in [3.8, 4) is 0 Å². The van der Waals surface area contributed by atoms with Crippen LogP contribution in [-0.4, -0.2) is 37.0 Å². The first kappa shape index (κ1) is 8.01. The lowest BCUT2D eigenvalue weighted by Crippen LogP contribution is -2.08. The third-order valence-electron chi connectivity index (χ3n) is 0.835. The van der Waals surface area contributed by atoms with Crippen LogP contribution >= 0.6 is 0 Å². The maximum Gasteiger partial charge on any atom is 0.234 e. The molecule has 0 radical (unpaired) electrons. The first-order valence-corrected chi connectivity index (χ1v) is 2.78. The molecule has 0 saturated carbocycles. The average Bonchev–Trinajstić information content (AvgIpc) is 1.83. The molecule has 0 aromatic carbocycles. The first-order chi connectivity index (χ1) is 4.16. The summed E-state index contributed by atoms with van der Waals surface area (Å²) in [5.74, 6) is 0. The van der Waals surface area contributed by atoms with Gasteiger partial charge in [0.1, 0.15) is 6.20 Å². The van der Waals surface area contributed by atoms with E-state index in [1.54, 1.807) is 4.58 Å². The summed E-state index contributed by atoms with van der Waals surface area (Å²) >= 11 is 0. The van der Waals surface area contributed by atoms with Crippen LogP contribution in [0.5, 0.6) is 0 Å². The van der Waals surface area contributed by atoms with E-state index in [0.717, 1.165) is 0 Å². The predicted molar refractivity (Wildman–Crippen MR) is 39.3 cm³/mol. The number of nitrogens with two attached hydrogens (primary N) is 1. The van der Waals surface area contributed by atoms with Crippen LogP contribution in [0.4, 0.5) is 0 Å². The van der Waals surface area contributed by atoms with Crippen molar-refractivity contribution in [2.75, 3.05) is 21.1 Å². The van der Waals surface area contributed by atoms with E-state index in [4.69, 9.17) is 5.73 Å². The van der Waals surface area contributed by atoms with E-state index in [-0.39, 0.29) is 0 Å². The molecule has 0 rings (SSSR count). The molecular weight excluding hydrogens is 114 g/mol. The molecule has 3 nitrogen and oxygen atoms in total. The zero-order valence-corrected chi connectivity index (χ0v) is 6.20. The highest BCUT2D eigenvalue weighted by Gasteiger charge is 1.79. The highest BCUT2D eigenvalue weighted by Crippen LogP contribution is 1.75. The zero-order valence-electron chi connectivity index (χ0n) is 6.20. The molecule has 0 heterocycles. The Hall–Kier alpha value is -0.990. The summed E-state index contributed by atoms with van der Waals surface area (Å²) < 4.78 is 1.78. The Labute approximate surface area is 56.1 Å². The molecule has 9 heavy (non-hydrogen) atoms. The van der Waals surface area contributed by atoms with Gasteiger partial charge in [0.25, 0.3) is 0 Å². The van der Waals surface area contributed by atoms with Crippen LogP contribution in [0.25, 0.3) is 0 Å². The summed E-state index contributed by atoms with van der Waals surface area (Å²) in [5.41, 5.74) is 5.19. The van der Waals surface area contributed by atoms with Crippen molar-refractivity contribution in [2.24, 2.45) is 5.73 Å². The van der Waals surface area contributed by atoms with Crippen molar-refractivity contribution >= 4 is 6.34 Å². The number of hydrogen-bond acceptors (Lipinski definition) is 1. The molecule has 0 aliphatic rings. The number of hydrogen-bond donors (Lipinski definition) is 1. The SMILES string of the molecule is CN(C)/C=C\[N+](C)=CN. The molecule has 0 saturated heterocycles. The van der Waals surface area contributed by atoms with Crippen molar-refractivity contribution < 1.29 is 4.58 Å². The Morgan fingerprint density at radius 2 is 2.00 bits per heavy atom. The van der Waals surface area contributed by atoms with Crippen molar-refractivity contribution in [2.45, 2.75) is 0 Å². The van der Waals surface area contributed by atoms with Crippen LogP contribution in [0, 0.1) is 0 Å². The highest BCUT2D eigenvalue weighted by molar-refractivity contribution is 5.44. The van der Waals surface area contributed by atoms with Crippen LogP contribution < -0.4 is 5.73 Å². The lowest BCUT2D eigenvalue weighted by Gasteiger charge is -2.00. The van der Waals surface area contributed by atoms with Gasteiger partial charge in [0.05, 0.1) is 7.05 Å². The minimum absolute atomic E-state index is 1.50. The third kappa shape index (κ3) is 4.87. The normalized spacial score (nSPS) is 12.6. The molecule has 0 fully saturated rings. The molecule has 3 heteroatoms. The lowest BCUT2D eigenvalue weighted by molar-refractivity contribution is -0.418. The van der Waals surface area contributed by atoms with Gasteiger partial charge in [0.15, 0.2) is 0 Å². The van der Waals surface area contributed by atoms with Crippen molar-refractivity contribution in [3.63, 3.8) is 0 Å². The minimum Gasteiger partial charge on any atom is -0.381 e. The van der Waals surface area contributed by atoms with Gasteiger partial charge in [-0.25, -0.2) is 4.58 Å². The molecule has 0 bridgehead atoms. The summed E-state index contributed by atoms with van der Waals surface area (Å²) in [5, 5.41) is 0. The average molecular weight is 128 g/mol. The van der Waals surface area contributed by atoms with E-state index in [9.17, 15) is 0 Å². The fourth-order valence-electron chi connectivity index (χ4n) is 0.288. The summed E-state index contributed by atoms with van der Waals surface area (Å²) in [6.07, 6.45) is 5.30. The molecule has 0 aliphatic heterocycles.